The third kappa shape index (κ3) is 3.19. The summed E-state index contributed by atoms with van der Waals surface area (Å²) in [5.74, 6) is 1.33. The fourth-order valence-electron chi connectivity index (χ4n) is 2.77. The molecule has 1 aromatic carbocycles. The number of rotatable bonds is 5. The van der Waals surface area contributed by atoms with Crippen LogP contribution in [0, 0.1) is 0 Å². The quantitative estimate of drug-likeness (QED) is 0.907. The maximum Gasteiger partial charge on any atom is 0.251 e. The van der Waals surface area contributed by atoms with E-state index in [4.69, 9.17) is 4.42 Å². The van der Waals surface area contributed by atoms with E-state index in [9.17, 15) is 9.59 Å². The monoisotopic (exact) mass is 342 g/mol. The van der Waals surface area contributed by atoms with Crippen molar-refractivity contribution in [1.29, 1.82) is 0 Å². The van der Waals surface area contributed by atoms with Crippen LogP contribution in [0.3, 0.4) is 0 Å². The van der Waals surface area contributed by atoms with E-state index in [1.807, 2.05) is 41.3 Å². The molecule has 1 unspecified atom stereocenters. The van der Waals surface area contributed by atoms with Crippen molar-refractivity contribution in [2.45, 2.75) is 30.8 Å². The molecular weight excluding hydrogens is 324 g/mol. The zero-order valence-electron chi connectivity index (χ0n) is 13.1. The molecule has 2 aliphatic rings. The number of hydrogen-bond acceptors (Lipinski definition) is 4. The summed E-state index contributed by atoms with van der Waals surface area (Å²) in [6.45, 7) is 0.466. The van der Waals surface area contributed by atoms with Gasteiger partial charge in [0, 0.05) is 11.6 Å². The third-order valence-corrected chi connectivity index (χ3v) is 5.50. The number of thioether (sulfide) groups is 1. The lowest BCUT2D eigenvalue weighted by Crippen LogP contribution is -2.27. The Hall–Kier alpha value is -2.21. The first-order valence-electron chi connectivity index (χ1n) is 8.05. The highest BCUT2D eigenvalue weighted by molar-refractivity contribution is 8.00. The van der Waals surface area contributed by atoms with Gasteiger partial charge in [-0.3, -0.25) is 9.59 Å². The van der Waals surface area contributed by atoms with Gasteiger partial charge >= 0.3 is 0 Å². The van der Waals surface area contributed by atoms with Crippen LogP contribution in [0.2, 0.25) is 0 Å². The van der Waals surface area contributed by atoms with Crippen LogP contribution in [0.4, 0.5) is 0 Å². The Morgan fingerprint density at radius 2 is 2.04 bits per heavy atom. The van der Waals surface area contributed by atoms with Gasteiger partial charge < -0.3 is 14.6 Å². The number of amides is 2. The van der Waals surface area contributed by atoms with Crippen molar-refractivity contribution in [2.24, 2.45) is 0 Å². The lowest BCUT2D eigenvalue weighted by Gasteiger charge is -2.23. The van der Waals surface area contributed by atoms with Gasteiger partial charge in [0.1, 0.15) is 11.1 Å². The Bertz CT molecular complexity index is 738. The minimum absolute atomic E-state index is 0.0216. The number of benzene rings is 1. The van der Waals surface area contributed by atoms with Gasteiger partial charge in [0.15, 0.2) is 0 Å². The molecule has 2 heterocycles. The number of carbonyl (C=O) groups is 2. The number of furan rings is 1. The first-order chi connectivity index (χ1) is 11.7. The van der Waals surface area contributed by atoms with Crippen LogP contribution in [-0.2, 0) is 11.3 Å². The highest BCUT2D eigenvalue weighted by atomic mass is 32.2. The summed E-state index contributed by atoms with van der Waals surface area (Å²) < 4.78 is 5.37. The lowest BCUT2D eigenvalue weighted by molar-refractivity contribution is -0.128. The SMILES string of the molecule is O=C(NC1CC1)c1ccc(C2SCC(=O)N2Cc2ccco2)cc1. The zero-order valence-corrected chi connectivity index (χ0v) is 13.9. The molecule has 6 heteroatoms. The number of carbonyl (C=O) groups excluding carboxylic acids is 2. The molecule has 24 heavy (non-hydrogen) atoms. The van der Waals surface area contributed by atoms with Gasteiger partial charge in [-0.25, -0.2) is 0 Å². The van der Waals surface area contributed by atoms with Gasteiger partial charge in [-0.2, -0.15) is 0 Å². The van der Waals surface area contributed by atoms with Crippen LogP contribution >= 0.6 is 11.8 Å². The fourth-order valence-corrected chi connectivity index (χ4v) is 3.96. The second kappa shape index (κ2) is 6.36. The van der Waals surface area contributed by atoms with E-state index in [1.165, 1.54) is 0 Å². The molecule has 1 aliphatic heterocycles. The summed E-state index contributed by atoms with van der Waals surface area (Å²) in [5, 5.41) is 2.94. The molecule has 0 bridgehead atoms. The molecule has 5 nitrogen and oxygen atoms in total. The predicted octanol–water partition coefficient (Wildman–Crippen LogP) is 2.95. The first-order valence-corrected chi connectivity index (χ1v) is 9.10. The molecule has 1 atom stereocenters. The summed E-state index contributed by atoms with van der Waals surface area (Å²) >= 11 is 1.60. The van der Waals surface area contributed by atoms with Gasteiger partial charge in [0.05, 0.1) is 18.6 Å². The fraction of sp³-hybridized carbons (Fsp3) is 0.333. The van der Waals surface area contributed by atoms with Crippen LogP contribution in [-0.4, -0.2) is 28.5 Å². The molecule has 4 rings (SSSR count). The number of nitrogens with zero attached hydrogens (tertiary/aromatic N) is 1. The first kappa shape index (κ1) is 15.3. The van der Waals surface area contributed by atoms with Gasteiger partial charge in [-0.1, -0.05) is 12.1 Å². The van der Waals surface area contributed by atoms with Crippen molar-refractivity contribution < 1.29 is 14.0 Å². The largest absolute Gasteiger partial charge is 0.467 e. The summed E-state index contributed by atoms with van der Waals surface area (Å²) in [6.07, 6.45) is 3.77. The maximum atomic E-state index is 12.2. The van der Waals surface area contributed by atoms with Crippen LogP contribution in [0.15, 0.2) is 47.1 Å². The minimum Gasteiger partial charge on any atom is -0.467 e. The topological polar surface area (TPSA) is 62.6 Å². The molecule has 1 saturated carbocycles. The van der Waals surface area contributed by atoms with Gasteiger partial charge in [-0.05, 0) is 42.7 Å². The third-order valence-electron chi connectivity index (χ3n) is 4.24. The smallest absolute Gasteiger partial charge is 0.251 e. The number of nitrogens with one attached hydrogen (secondary N) is 1. The van der Waals surface area contributed by atoms with Crippen molar-refractivity contribution in [1.82, 2.24) is 10.2 Å². The van der Waals surface area contributed by atoms with E-state index in [-0.39, 0.29) is 17.2 Å². The minimum atomic E-state index is -0.0388. The summed E-state index contributed by atoms with van der Waals surface area (Å²) in [7, 11) is 0. The van der Waals surface area contributed by atoms with E-state index < -0.39 is 0 Å². The molecule has 124 valence electrons. The van der Waals surface area contributed by atoms with Crippen molar-refractivity contribution in [3.05, 3.63) is 59.5 Å². The maximum absolute atomic E-state index is 12.2. The molecule has 2 amide bonds. The zero-order chi connectivity index (χ0) is 16.5. The molecule has 0 spiro atoms. The van der Waals surface area contributed by atoms with Crippen molar-refractivity contribution >= 4 is 23.6 Å². The molecule has 0 radical (unpaired) electrons. The van der Waals surface area contributed by atoms with E-state index in [2.05, 4.69) is 5.32 Å². The molecule has 2 fully saturated rings. The van der Waals surface area contributed by atoms with Gasteiger partial charge in [0.25, 0.3) is 5.91 Å². The second-order valence-electron chi connectivity index (χ2n) is 6.13. The Morgan fingerprint density at radius 3 is 2.71 bits per heavy atom. The molecular formula is C18H18N2O3S. The summed E-state index contributed by atoms with van der Waals surface area (Å²) in [5.41, 5.74) is 1.69. The standard InChI is InChI=1S/C18H18N2O3S/c21-16-11-24-18(20(16)10-15-2-1-9-23-15)13-5-3-12(4-6-13)17(22)19-14-7-8-14/h1-6,9,14,18H,7-8,10-11H2,(H,19,22). The Kier molecular flexibility index (Phi) is 4.06. The van der Waals surface area contributed by atoms with E-state index in [0.717, 1.165) is 24.2 Å². The van der Waals surface area contributed by atoms with Crippen molar-refractivity contribution in [2.75, 3.05) is 5.75 Å². The van der Waals surface area contributed by atoms with E-state index in [1.54, 1.807) is 18.0 Å². The van der Waals surface area contributed by atoms with Crippen LogP contribution in [0.1, 0.15) is 39.9 Å². The van der Waals surface area contributed by atoms with Crippen molar-refractivity contribution in [3.8, 4) is 0 Å². The Morgan fingerprint density at radius 1 is 1.25 bits per heavy atom. The second-order valence-corrected chi connectivity index (χ2v) is 7.20. The predicted molar refractivity (Wildman–Crippen MR) is 91.4 cm³/mol. The molecule has 2 aromatic rings. The van der Waals surface area contributed by atoms with Gasteiger partial charge in [0.2, 0.25) is 5.91 Å². The normalized spacial score (nSPS) is 20.4. The highest BCUT2D eigenvalue weighted by Crippen LogP contribution is 2.39. The summed E-state index contributed by atoms with van der Waals surface area (Å²) in [6, 6.07) is 11.6. The van der Waals surface area contributed by atoms with Gasteiger partial charge in [-0.15, -0.1) is 11.8 Å². The number of hydrogen-bond donors (Lipinski definition) is 1. The lowest BCUT2D eigenvalue weighted by atomic mass is 10.1. The molecule has 1 aromatic heterocycles. The van der Waals surface area contributed by atoms with E-state index in [0.29, 0.717) is 23.9 Å². The van der Waals surface area contributed by atoms with Crippen LogP contribution in [0.5, 0.6) is 0 Å². The molecule has 1 N–H and O–H groups in total. The molecule has 1 saturated heterocycles. The van der Waals surface area contributed by atoms with E-state index >= 15 is 0 Å². The average Bonchev–Trinajstić information content (AvgIpc) is 3.12. The summed E-state index contributed by atoms with van der Waals surface area (Å²) in [4.78, 5) is 26.1. The van der Waals surface area contributed by atoms with Crippen LogP contribution in [0.25, 0.3) is 0 Å². The Balaban J connectivity index is 1.49. The molecule has 1 aliphatic carbocycles. The highest BCUT2D eigenvalue weighted by Gasteiger charge is 2.33. The van der Waals surface area contributed by atoms with Crippen molar-refractivity contribution in [3.63, 3.8) is 0 Å². The average molecular weight is 342 g/mol. The van der Waals surface area contributed by atoms with Crippen LogP contribution < -0.4 is 5.32 Å². The Labute approximate surface area is 144 Å².